The maximum atomic E-state index is 13.4. The molecule has 24 heavy (non-hydrogen) atoms. The minimum atomic E-state index is -0.233. The second-order valence-electron chi connectivity index (χ2n) is 8.01. The SMILES string of the molecule is Cc1cc(Cl)cc(C)c1NC(=O)C1([N+]2(C)CCCCCC2)CCC1. The Hall–Kier alpha value is -1.06. The second-order valence-corrected chi connectivity index (χ2v) is 8.45. The first kappa shape index (κ1) is 17.8. The molecule has 1 aromatic rings. The monoisotopic (exact) mass is 349 g/mol. The molecule has 1 amide bonds. The van der Waals surface area contributed by atoms with Gasteiger partial charge in [0.15, 0.2) is 5.54 Å². The van der Waals surface area contributed by atoms with Gasteiger partial charge < -0.3 is 9.80 Å². The number of halogens is 1. The van der Waals surface area contributed by atoms with Crippen LogP contribution >= 0.6 is 11.6 Å². The van der Waals surface area contributed by atoms with Crippen molar-refractivity contribution in [3.63, 3.8) is 0 Å². The lowest BCUT2D eigenvalue weighted by Crippen LogP contribution is -2.71. The summed E-state index contributed by atoms with van der Waals surface area (Å²) in [5, 5.41) is 4.01. The number of benzene rings is 1. The fraction of sp³-hybridized carbons (Fsp3) is 0.650. The van der Waals surface area contributed by atoms with Gasteiger partial charge in [0, 0.05) is 23.6 Å². The van der Waals surface area contributed by atoms with Crippen molar-refractivity contribution in [2.24, 2.45) is 0 Å². The quantitative estimate of drug-likeness (QED) is 0.777. The number of quaternary nitrogens is 1. The molecule has 4 heteroatoms. The summed E-state index contributed by atoms with van der Waals surface area (Å²) in [5.74, 6) is 0.215. The van der Waals surface area contributed by atoms with E-state index < -0.39 is 0 Å². The molecule has 0 aromatic heterocycles. The third kappa shape index (κ3) is 2.97. The molecule has 0 bridgehead atoms. The summed E-state index contributed by atoms with van der Waals surface area (Å²) in [6.07, 6.45) is 8.29. The van der Waals surface area contributed by atoms with Crippen molar-refractivity contribution >= 4 is 23.2 Å². The first-order chi connectivity index (χ1) is 11.4. The molecule has 0 radical (unpaired) electrons. The number of nitrogens with one attached hydrogen (secondary N) is 1. The van der Waals surface area contributed by atoms with Crippen molar-refractivity contribution in [2.45, 2.75) is 64.3 Å². The van der Waals surface area contributed by atoms with Crippen LogP contribution in [0.1, 0.15) is 56.1 Å². The smallest absolute Gasteiger partial charge is 0.285 e. The number of aryl methyl sites for hydroxylation is 2. The molecule has 1 aliphatic heterocycles. The molecule has 0 spiro atoms. The summed E-state index contributed by atoms with van der Waals surface area (Å²) < 4.78 is 0.921. The van der Waals surface area contributed by atoms with Crippen LogP contribution in [0, 0.1) is 13.8 Å². The van der Waals surface area contributed by atoms with Crippen molar-refractivity contribution in [1.82, 2.24) is 0 Å². The average Bonchev–Trinajstić information content (AvgIpc) is 2.67. The van der Waals surface area contributed by atoms with Crippen LogP contribution in [0.4, 0.5) is 5.69 Å². The van der Waals surface area contributed by atoms with Gasteiger partial charge in [-0.1, -0.05) is 11.6 Å². The molecule has 0 unspecified atom stereocenters. The van der Waals surface area contributed by atoms with E-state index in [0.29, 0.717) is 0 Å². The number of hydrogen-bond donors (Lipinski definition) is 1. The Morgan fingerprint density at radius 1 is 1.04 bits per heavy atom. The molecule has 2 aliphatic rings. The third-order valence-corrected chi connectivity index (χ3v) is 6.64. The Kier molecular flexibility index (Phi) is 4.94. The summed E-state index contributed by atoms with van der Waals surface area (Å²) in [5.41, 5.74) is 2.79. The van der Waals surface area contributed by atoms with Gasteiger partial charge in [-0.2, -0.15) is 0 Å². The van der Waals surface area contributed by atoms with Crippen LogP contribution in [0.15, 0.2) is 12.1 Å². The van der Waals surface area contributed by atoms with Gasteiger partial charge in [-0.25, -0.2) is 0 Å². The molecule has 0 atom stereocenters. The third-order valence-electron chi connectivity index (χ3n) is 6.43. The van der Waals surface area contributed by atoms with Gasteiger partial charge in [-0.05, 0) is 69.2 Å². The zero-order valence-electron chi connectivity index (χ0n) is 15.3. The van der Waals surface area contributed by atoms with Crippen LogP contribution in [-0.4, -0.2) is 36.1 Å². The lowest BCUT2D eigenvalue weighted by Gasteiger charge is -2.54. The highest BCUT2D eigenvalue weighted by molar-refractivity contribution is 6.30. The molecule has 1 saturated carbocycles. The van der Waals surface area contributed by atoms with Crippen molar-refractivity contribution in [3.8, 4) is 0 Å². The minimum Gasteiger partial charge on any atom is -0.320 e. The molecule has 132 valence electrons. The number of rotatable bonds is 3. The summed E-state index contributed by atoms with van der Waals surface area (Å²) in [4.78, 5) is 13.4. The van der Waals surface area contributed by atoms with Crippen molar-refractivity contribution in [2.75, 3.05) is 25.5 Å². The molecule has 3 nitrogen and oxygen atoms in total. The van der Waals surface area contributed by atoms with E-state index in [0.717, 1.165) is 52.3 Å². The Morgan fingerprint density at radius 2 is 1.58 bits per heavy atom. The summed E-state index contributed by atoms with van der Waals surface area (Å²) >= 11 is 6.13. The number of likely N-dealkylation sites (N-methyl/N-ethyl adjacent to an activating group) is 1. The first-order valence-corrected chi connectivity index (χ1v) is 9.69. The molecular formula is C20H30ClN2O+. The second kappa shape index (κ2) is 6.68. The molecule has 2 fully saturated rings. The van der Waals surface area contributed by atoms with Gasteiger partial charge in [0.05, 0.1) is 20.1 Å². The maximum absolute atomic E-state index is 13.4. The molecule has 1 N–H and O–H groups in total. The predicted octanol–water partition coefficient (Wildman–Crippen LogP) is 4.84. The normalized spacial score (nSPS) is 22.3. The van der Waals surface area contributed by atoms with E-state index in [1.165, 1.54) is 32.1 Å². The number of hydrogen-bond acceptors (Lipinski definition) is 1. The van der Waals surface area contributed by atoms with E-state index in [1.807, 2.05) is 26.0 Å². The van der Waals surface area contributed by atoms with Gasteiger partial charge >= 0.3 is 0 Å². The minimum absolute atomic E-state index is 0.215. The van der Waals surface area contributed by atoms with Crippen LogP contribution < -0.4 is 5.32 Å². The van der Waals surface area contributed by atoms with E-state index in [9.17, 15) is 4.79 Å². The number of carbonyl (C=O) groups excluding carboxylic acids is 1. The summed E-state index contributed by atoms with van der Waals surface area (Å²) in [6.45, 7) is 6.30. The van der Waals surface area contributed by atoms with Crippen molar-refractivity contribution in [1.29, 1.82) is 0 Å². The number of anilines is 1. The topological polar surface area (TPSA) is 29.1 Å². The Bertz CT molecular complexity index is 606. The van der Waals surface area contributed by atoms with Crippen LogP contribution in [-0.2, 0) is 4.79 Å². The van der Waals surface area contributed by atoms with Crippen molar-refractivity contribution < 1.29 is 9.28 Å². The van der Waals surface area contributed by atoms with Gasteiger partial charge in [-0.15, -0.1) is 0 Å². The highest BCUT2D eigenvalue weighted by Crippen LogP contribution is 2.44. The van der Waals surface area contributed by atoms with Crippen LogP contribution in [0.2, 0.25) is 5.02 Å². The summed E-state index contributed by atoms with van der Waals surface area (Å²) in [7, 11) is 2.31. The highest BCUT2D eigenvalue weighted by Gasteiger charge is 2.58. The summed E-state index contributed by atoms with van der Waals surface area (Å²) in [6, 6.07) is 3.86. The Labute approximate surface area is 151 Å². The zero-order chi connectivity index (χ0) is 17.4. The van der Waals surface area contributed by atoms with Crippen molar-refractivity contribution in [3.05, 3.63) is 28.3 Å². The molecule has 1 aromatic carbocycles. The van der Waals surface area contributed by atoms with Crippen LogP contribution in [0.5, 0.6) is 0 Å². The van der Waals surface area contributed by atoms with E-state index in [2.05, 4.69) is 12.4 Å². The molecule has 1 saturated heterocycles. The fourth-order valence-corrected chi connectivity index (χ4v) is 5.00. The van der Waals surface area contributed by atoms with Gasteiger partial charge in [0.1, 0.15) is 0 Å². The van der Waals surface area contributed by atoms with Crippen LogP contribution in [0.3, 0.4) is 0 Å². The number of carbonyl (C=O) groups is 1. The largest absolute Gasteiger partial charge is 0.320 e. The predicted molar refractivity (Wildman–Crippen MR) is 101 cm³/mol. The van der Waals surface area contributed by atoms with Gasteiger partial charge in [0.25, 0.3) is 5.91 Å². The highest BCUT2D eigenvalue weighted by atomic mass is 35.5. The fourth-order valence-electron chi connectivity index (χ4n) is 4.68. The van der Waals surface area contributed by atoms with Gasteiger partial charge in [-0.3, -0.25) is 4.79 Å². The zero-order valence-corrected chi connectivity index (χ0v) is 16.0. The first-order valence-electron chi connectivity index (χ1n) is 9.31. The molecule has 1 aliphatic carbocycles. The number of likely N-dealkylation sites (tertiary alicyclic amines) is 1. The standard InChI is InChI=1S/C20H29ClN2O/c1-15-13-17(21)14-16(2)18(15)22-19(24)20(9-8-10-20)23(3)11-6-4-5-7-12-23/h13-14H,4-12H2,1-3H3/p+1. The number of nitrogens with zero attached hydrogens (tertiary/aromatic N) is 1. The van der Waals surface area contributed by atoms with E-state index in [-0.39, 0.29) is 11.4 Å². The lowest BCUT2D eigenvalue weighted by atomic mass is 9.72. The van der Waals surface area contributed by atoms with Gasteiger partial charge in [0.2, 0.25) is 0 Å². The van der Waals surface area contributed by atoms with E-state index in [1.54, 1.807) is 0 Å². The maximum Gasteiger partial charge on any atom is 0.285 e. The Morgan fingerprint density at radius 3 is 2.04 bits per heavy atom. The molecular weight excluding hydrogens is 320 g/mol. The Balaban J connectivity index is 1.87. The van der Waals surface area contributed by atoms with E-state index >= 15 is 0 Å². The average molecular weight is 350 g/mol. The lowest BCUT2D eigenvalue weighted by molar-refractivity contribution is -0.954. The number of amides is 1. The van der Waals surface area contributed by atoms with E-state index in [4.69, 9.17) is 11.6 Å². The van der Waals surface area contributed by atoms with Crippen LogP contribution in [0.25, 0.3) is 0 Å². The molecule has 1 heterocycles. The molecule has 3 rings (SSSR count).